The van der Waals surface area contributed by atoms with Crippen molar-refractivity contribution in [2.75, 3.05) is 13.7 Å². The van der Waals surface area contributed by atoms with E-state index in [2.05, 4.69) is 13.8 Å². The number of fused-ring (bicyclic) bond motifs is 2. The number of nitrogens with zero attached hydrogens (tertiary/aromatic N) is 1. The molecule has 4 nitrogen and oxygen atoms in total. The van der Waals surface area contributed by atoms with Crippen molar-refractivity contribution >= 4 is 5.91 Å². The van der Waals surface area contributed by atoms with E-state index in [-0.39, 0.29) is 17.4 Å². The lowest BCUT2D eigenvalue weighted by Gasteiger charge is -2.55. The maximum atomic E-state index is 13.1. The molecule has 3 aliphatic carbocycles. The molecule has 3 aliphatic rings. The second-order valence-corrected chi connectivity index (χ2v) is 8.66. The summed E-state index contributed by atoms with van der Waals surface area (Å²) in [5, 5.41) is 0. The fourth-order valence-electron chi connectivity index (χ4n) is 5.44. The maximum absolute atomic E-state index is 13.1. The van der Waals surface area contributed by atoms with Crippen LogP contribution in [0.5, 0.6) is 0 Å². The summed E-state index contributed by atoms with van der Waals surface area (Å²) in [6, 6.07) is 0.641. The monoisotopic (exact) mass is 322 g/mol. The van der Waals surface area contributed by atoms with E-state index in [9.17, 15) is 4.79 Å². The van der Waals surface area contributed by atoms with Gasteiger partial charge in [0, 0.05) is 37.1 Å². The van der Waals surface area contributed by atoms with Crippen LogP contribution in [0.4, 0.5) is 0 Å². The molecule has 2 bridgehead atoms. The third kappa shape index (κ3) is 2.93. The zero-order valence-electron chi connectivity index (χ0n) is 15.3. The number of carbonyl (C=O) groups is 1. The van der Waals surface area contributed by atoms with Crippen LogP contribution in [0, 0.1) is 23.2 Å². The third-order valence-corrected chi connectivity index (χ3v) is 7.07. The first-order valence-corrected chi connectivity index (χ1v) is 9.50. The Balaban J connectivity index is 1.62. The molecular weight excluding hydrogens is 288 g/mol. The van der Waals surface area contributed by atoms with Gasteiger partial charge in [0.25, 0.3) is 0 Å². The van der Waals surface area contributed by atoms with Crippen LogP contribution in [0.15, 0.2) is 0 Å². The molecule has 0 heterocycles. The zero-order chi connectivity index (χ0) is 16.8. The highest BCUT2D eigenvalue weighted by Gasteiger charge is 2.53. The minimum absolute atomic E-state index is 0.0569. The van der Waals surface area contributed by atoms with Crippen LogP contribution in [0.3, 0.4) is 0 Å². The minimum atomic E-state index is 0.0569. The Morgan fingerprint density at radius 2 is 1.83 bits per heavy atom. The summed E-state index contributed by atoms with van der Waals surface area (Å²) in [6.07, 6.45) is 6.99. The standard InChI is InChI=1S/C19H34N2O2/c1-5-23-16-11-15(19(16,2)3)21(4)18(22)14-9-12-7-6-8-13(10-14)17(12)20/h12-17H,5-11,20H2,1-4H3. The number of amides is 1. The topological polar surface area (TPSA) is 55.6 Å². The summed E-state index contributed by atoms with van der Waals surface area (Å²) < 4.78 is 5.82. The van der Waals surface area contributed by atoms with Gasteiger partial charge in [0.1, 0.15) is 0 Å². The fourth-order valence-corrected chi connectivity index (χ4v) is 5.44. The first kappa shape index (κ1) is 17.2. The molecule has 3 fully saturated rings. The molecular formula is C19H34N2O2. The van der Waals surface area contributed by atoms with Crippen LogP contribution < -0.4 is 5.73 Å². The van der Waals surface area contributed by atoms with Crippen molar-refractivity contribution in [2.24, 2.45) is 28.9 Å². The highest BCUT2D eigenvalue weighted by atomic mass is 16.5. The van der Waals surface area contributed by atoms with Crippen LogP contribution >= 0.6 is 0 Å². The molecule has 23 heavy (non-hydrogen) atoms. The zero-order valence-corrected chi connectivity index (χ0v) is 15.3. The molecule has 3 rings (SSSR count). The van der Waals surface area contributed by atoms with Crippen LogP contribution in [0.25, 0.3) is 0 Å². The number of hydrogen-bond donors (Lipinski definition) is 1. The van der Waals surface area contributed by atoms with E-state index in [0.717, 1.165) is 25.9 Å². The highest BCUT2D eigenvalue weighted by molar-refractivity contribution is 5.79. The van der Waals surface area contributed by atoms with E-state index >= 15 is 0 Å². The van der Waals surface area contributed by atoms with E-state index in [0.29, 0.717) is 29.8 Å². The molecule has 0 radical (unpaired) electrons. The second kappa shape index (κ2) is 6.36. The Labute approximate surface area is 141 Å². The molecule has 0 aromatic rings. The summed E-state index contributed by atoms with van der Waals surface area (Å²) in [7, 11) is 2.00. The normalized spacial score (nSPS) is 42.0. The first-order chi connectivity index (χ1) is 10.9. The van der Waals surface area contributed by atoms with Gasteiger partial charge in [0.05, 0.1) is 6.10 Å². The molecule has 0 saturated heterocycles. The Bertz CT molecular complexity index is 437. The molecule has 0 aliphatic heterocycles. The van der Waals surface area contributed by atoms with E-state index in [1.807, 2.05) is 18.9 Å². The van der Waals surface area contributed by atoms with Gasteiger partial charge in [-0.15, -0.1) is 0 Å². The van der Waals surface area contributed by atoms with Gasteiger partial charge in [-0.1, -0.05) is 20.3 Å². The lowest BCUT2D eigenvalue weighted by molar-refractivity contribution is -0.168. The number of hydrogen-bond acceptors (Lipinski definition) is 3. The minimum Gasteiger partial charge on any atom is -0.378 e. The largest absolute Gasteiger partial charge is 0.378 e. The van der Waals surface area contributed by atoms with Crippen LogP contribution in [0.2, 0.25) is 0 Å². The summed E-state index contributed by atoms with van der Waals surface area (Å²) >= 11 is 0. The molecule has 0 aromatic heterocycles. The van der Waals surface area contributed by atoms with Crippen molar-refractivity contribution in [1.29, 1.82) is 0 Å². The molecule has 132 valence electrons. The van der Waals surface area contributed by atoms with Crippen molar-refractivity contribution in [2.45, 2.75) is 77.5 Å². The lowest BCUT2D eigenvalue weighted by Crippen LogP contribution is -2.63. The molecule has 2 N–H and O–H groups in total. The second-order valence-electron chi connectivity index (χ2n) is 8.66. The molecule has 4 atom stereocenters. The van der Waals surface area contributed by atoms with Crippen LogP contribution in [-0.2, 0) is 9.53 Å². The van der Waals surface area contributed by atoms with Crippen LogP contribution in [0.1, 0.15) is 59.3 Å². The van der Waals surface area contributed by atoms with Crippen LogP contribution in [-0.4, -0.2) is 42.6 Å². The molecule has 3 saturated carbocycles. The number of nitrogens with two attached hydrogens (primary N) is 1. The van der Waals surface area contributed by atoms with Crippen molar-refractivity contribution in [1.82, 2.24) is 4.90 Å². The average molecular weight is 322 g/mol. The quantitative estimate of drug-likeness (QED) is 0.866. The molecule has 0 aromatic carbocycles. The smallest absolute Gasteiger partial charge is 0.225 e. The van der Waals surface area contributed by atoms with Crippen molar-refractivity contribution < 1.29 is 9.53 Å². The third-order valence-electron chi connectivity index (χ3n) is 7.07. The molecule has 1 amide bonds. The van der Waals surface area contributed by atoms with Crippen molar-refractivity contribution in [3.8, 4) is 0 Å². The van der Waals surface area contributed by atoms with E-state index in [1.165, 1.54) is 19.3 Å². The van der Waals surface area contributed by atoms with Gasteiger partial charge in [0.2, 0.25) is 5.91 Å². The lowest BCUT2D eigenvalue weighted by atomic mass is 9.62. The summed E-state index contributed by atoms with van der Waals surface area (Å²) in [5.41, 5.74) is 6.43. The van der Waals surface area contributed by atoms with Gasteiger partial charge in [-0.25, -0.2) is 0 Å². The van der Waals surface area contributed by atoms with E-state index in [1.54, 1.807) is 0 Å². The average Bonchev–Trinajstić information content (AvgIpc) is 2.49. The SMILES string of the molecule is CCOC1CC(N(C)C(=O)C2CC3CCCC(C2)C3N)C1(C)C. The van der Waals surface area contributed by atoms with E-state index in [4.69, 9.17) is 10.5 Å². The number of carbonyl (C=O) groups excluding carboxylic acids is 1. The number of rotatable bonds is 4. The number of ether oxygens (including phenoxy) is 1. The van der Waals surface area contributed by atoms with Gasteiger partial charge in [-0.2, -0.15) is 0 Å². The predicted octanol–water partition coefficient (Wildman–Crippen LogP) is 2.80. The summed E-state index contributed by atoms with van der Waals surface area (Å²) in [4.78, 5) is 15.1. The highest BCUT2D eigenvalue weighted by Crippen LogP contribution is 2.47. The fraction of sp³-hybridized carbons (Fsp3) is 0.947. The van der Waals surface area contributed by atoms with Gasteiger partial charge in [0.15, 0.2) is 0 Å². The van der Waals surface area contributed by atoms with Crippen molar-refractivity contribution in [3.05, 3.63) is 0 Å². The summed E-state index contributed by atoms with van der Waals surface area (Å²) in [6.45, 7) is 7.26. The Morgan fingerprint density at radius 1 is 1.22 bits per heavy atom. The Morgan fingerprint density at radius 3 is 2.35 bits per heavy atom. The van der Waals surface area contributed by atoms with Crippen molar-refractivity contribution in [3.63, 3.8) is 0 Å². The summed E-state index contributed by atoms with van der Waals surface area (Å²) in [5.74, 6) is 1.67. The van der Waals surface area contributed by atoms with Gasteiger partial charge in [-0.3, -0.25) is 4.79 Å². The van der Waals surface area contributed by atoms with Gasteiger partial charge < -0.3 is 15.4 Å². The molecule has 4 heteroatoms. The Kier molecular flexibility index (Phi) is 4.76. The first-order valence-electron chi connectivity index (χ1n) is 9.50. The van der Waals surface area contributed by atoms with Gasteiger partial charge in [-0.05, 0) is 50.9 Å². The van der Waals surface area contributed by atoms with E-state index < -0.39 is 0 Å². The Hall–Kier alpha value is -0.610. The maximum Gasteiger partial charge on any atom is 0.225 e. The predicted molar refractivity (Wildman–Crippen MR) is 91.9 cm³/mol. The molecule has 4 unspecified atom stereocenters. The molecule has 0 spiro atoms. The van der Waals surface area contributed by atoms with Gasteiger partial charge >= 0.3 is 0 Å².